The van der Waals surface area contributed by atoms with E-state index in [1.54, 1.807) is 6.92 Å². The smallest absolute Gasteiger partial charge is 0.267 e. The molecule has 1 unspecified atom stereocenters. The van der Waals surface area contributed by atoms with Crippen LogP contribution < -0.4 is 16.2 Å². The average Bonchev–Trinajstić information content (AvgIpc) is 2.68. The van der Waals surface area contributed by atoms with E-state index in [1.165, 1.54) is 10.0 Å². The minimum atomic E-state index is -0.926. The van der Waals surface area contributed by atoms with Gasteiger partial charge in [0.15, 0.2) is 0 Å². The Morgan fingerprint density at radius 3 is 2.64 bits per heavy atom. The first kappa shape index (κ1) is 21.5. The van der Waals surface area contributed by atoms with Gasteiger partial charge in [-0.05, 0) is 38.3 Å². The molecule has 0 bridgehead atoms. The van der Waals surface area contributed by atoms with Crippen LogP contribution >= 0.6 is 0 Å². The Hall–Kier alpha value is -2.81. The predicted octanol–water partition coefficient (Wildman–Crippen LogP) is 1.28. The second-order valence-electron chi connectivity index (χ2n) is 6.65. The highest BCUT2D eigenvalue weighted by Crippen LogP contribution is 2.14. The summed E-state index contributed by atoms with van der Waals surface area (Å²) in [7, 11) is 0. The molecule has 1 fully saturated rings. The number of carbonyl (C=O) groups excluding carboxylic acids is 2. The van der Waals surface area contributed by atoms with Crippen LogP contribution in [0.5, 0.6) is 0 Å². The molecule has 0 aromatic heterocycles. The zero-order valence-corrected chi connectivity index (χ0v) is 16.1. The van der Waals surface area contributed by atoms with E-state index in [-0.39, 0.29) is 30.6 Å². The Balaban J connectivity index is 1.68. The highest BCUT2D eigenvalue weighted by Gasteiger charge is 2.32. The fourth-order valence-corrected chi connectivity index (χ4v) is 2.70. The second kappa shape index (κ2) is 10.5. The minimum absolute atomic E-state index is 0.140. The number of unbranched alkanes of at least 4 members (excludes halogenated alkanes) is 1. The highest BCUT2D eigenvalue weighted by atomic mass is 19.1. The number of alkyl halides is 1. The molecular weight excluding hydrogens is 363 g/mol. The molecule has 152 valence electrons. The molecule has 3 N–H and O–H groups in total. The molecule has 28 heavy (non-hydrogen) atoms. The van der Waals surface area contributed by atoms with Crippen molar-refractivity contribution < 1.29 is 14.0 Å². The summed E-state index contributed by atoms with van der Waals surface area (Å²) in [5.74, 6) is -0.515. The molecule has 2 rings (SSSR count). The van der Waals surface area contributed by atoms with Crippen LogP contribution in [0.2, 0.25) is 0 Å². The molecule has 1 heterocycles. The lowest BCUT2D eigenvalue weighted by Gasteiger charge is -2.36. The maximum absolute atomic E-state index is 12.8. The first-order valence-corrected chi connectivity index (χ1v) is 9.26. The Labute approximate surface area is 164 Å². The molecule has 9 heteroatoms. The summed E-state index contributed by atoms with van der Waals surface area (Å²) in [5.41, 5.74) is 6.80. The first-order valence-electron chi connectivity index (χ1n) is 9.26. The molecule has 0 radical (unpaired) electrons. The molecule has 2 amide bonds. The van der Waals surface area contributed by atoms with Gasteiger partial charge in [0.05, 0.1) is 24.8 Å². The number of para-hydroxylation sites is 1. The molecule has 0 aliphatic carbocycles. The molecule has 0 spiro atoms. The Morgan fingerprint density at radius 2 is 2.04 bits per heavy atom. The number of hydrogen-bond acceptors (Lipinski definition) is 6. The molecule has 1 aliphatic heterocycles. The van der Waals surface area contributed by atoms with E-state index in [0.717, 1.165) is 0 Å². The summed E-state index contributed by atoms with van der Waals surface area (Å²) in [6, 6.07) is 8.54. The van der Waals surface area contributed by atoms with E-state index in [1.807, 2.05) is 30.3 Å². The minimum Gasteiger partial charge on any atom is -0.351 e. The Bertz CT molecular complexity index is 706. The summed E-state index contributed by atoms with van der Waals surface area (Å²) in [6.45, 7) is 5.78. The highest BCUT2D eigenvalue weighted by molar-refractivity contribution is 6.38. The maximum atomic E-state index is 12.8. The number of benzene rings is 1. The van der Waals surface area contributed by atoms with Crippen molar-refractivity contribution in [3.05, 3.63) is 30.3 Å². The average molecular weight is 390 g/mol. The van der Waals surface area contributed by atoms with Crippen LogP contribution in [-0.2, 0) is 9.59 Å². The third-order valence-electron chi connectivity index (χ3n) is 4.39. The fraction of sp³-hybridized carbons (Fsp3) is 0.474. The van der Waals surface area contributed by atoms with Crippen LogP contribution in [0, 0.1) is 0 Å². The summed E-state index contributed by atoms with van der Waals surface area (Å²) in [5, 5.41) is 12.0. The van der Waals surface area contributed by atoms with Crippen molar-refractivity contribution in [1.82, 2.24) is 10.2 Å². The number of likely N-dealkylation sites (tertiary alicyclic amines) is 1. The number of nitrogens with one attached hydrogen (secondary N) is 1. The van der Waals surface area contributed by atoms with Crippen LogP contribution in [0.15, 0.2) is 40.5 Å². The van der Waals surface area contributed by atoms with Crippen molar-refractivity contribution in [2.24, 2.45) is 15.9 Å². The summed E-state index contributed by atoms with van der Waals surface area (Å²) in [4.78, 5) is 25.5. The number of nitrogens with two attached hydrogens (primary N) is 1. The lowest BCUT2D eigenvalue weighted by molar-refractivity contribution is -0.139. The third-order valence-corrected chi connectivity index (χ3v) is 4.39. The van der Waals surface area contributed by atoms with Gasteiger partial charge in [0, 0.05) is 13.3 Å². The number of nitrogens with zero attached hydrogens (tertiary/aromatic N) is 4. The molecule has 1 aromatic carbocycles. The Kier molecular flexibility index (Phi) is 8.06. The number of hydrogen-bond donors (Lipinski definition) is 2. The van der Waals surface area contributed by atoms with E-state index in [2.05, 4.69) is 22.2 Å². The van der Waals surface area contributed by atoms with E-state index in [9.17, 15) is 14.0 Å². The van der Waals surface area contributed by atoms with Gasteiger partial charge < -0.3 is 16.0 Å². The van der Waals surface area contributed by atoms with Crippen LogP contribution in [0.3, 0.4) is 0 Å². The molecule has 1 aliphatic rings. The van der Waals surface area contributed by atoms with Gasteiger partial charge in [0.1, 0.15) is 11.9 Å². The quantitative estimate of drug-likeness (QED) is 0.357. The van der Waals surface area contributed by atoms with Gasteiger partial charge >= 0.3 is 0 Å². The van der Waals surface area contributed by atoms with Gasteiger partial charge in [-0.2, -0.15) is 10.2 Å². The molecule has 1 aromatic rings. The molecule has 8 nitrogen and oxygen atoms in total. The van der Waals surface area contributed by atoms with Crippen molar-refractivity contribution in [1.29, 1.82) is 0 Å². The normalized spacial score (nSPS) is 15.5. The summed E-state index contributed by atoms with van der Waals surface area (Å²) in [6.07, 6.45) is 0.927. The molecule has 1 saturated heterocycles. The van der Waals surface area contributed by atoms with Crippen molar-refractivity contribution in [3.63, 3.8) is 0 Å². The zero-order valence-electron chi connectivity index (χ0n) is 16.1. The summed E-state index contributed by atoms with van der Waals surface area (Å²) >= 11 is 0. The third kappa shape index (κ3) is 6.12. The lowest BCUT2D eigenvalue weighted by atomic mass is 10.1. The van der Waals surface area contributed by atoms with Gasteiger partial charge in [-0.3, -0.25) is 9.59 Å². The topological polar surface area (TPSA) is 103 Å². The summed E-state index contributed by atoms with van der Waals surface area (Å²) < 4.78 is 12.8. The van der Waals surface area contributed by atoms with E-state index >= 15 is 0 Å². The van der Waals surface area contributed by atoms with Gasteiger partial charge in [-0.25, -0.2) is 4.39 Å². The lowest BCUT2D eigenvalue weighted by Crippen LogP contribution is -2.56. The van der Waals surface area contributed by atoms with E-state index in [0.29, 0.717) is 31.5 Å². The van der Waals surface area contributed by atoms with Crippen molar-refractivity contribution >= 4 is 29.9 Å². The van der Waals surface area contributed by atoms with Gasteiger partial charge in [-0.1, -0.05) is 18.2 Å². The van der Waals surface area contributed by atoms with Crippen LogP contribution in [0.4, 0.5) is 10.1 Å². The molecule has 1 atom stereocenters. The van der Waals surface area contributed by atoms with Gasteiger partial charge in [-0.15, -0.1) is 5.10 Å². The van der Waals surface area contributed by atoms with Gasteiger partial charge in [0.25, 0.3) is 5.91 Å². The maximum Gasteiger partial charge on any atom is 0.267 e. The van der Waals surface area contributed by atoms with Crippen molar-refractivity contribution in [3.8, 4) is 0 Å². The van der Waals surface area contributed by atoms with Gasteiger partial charge in [0.2, 0.25) is 5.91 Å². The Morgan fingerprint density at radius 1 is 1.36 bits per heavy atom. The number of amides is 2. The first-order chi connectivity index (χ1) is 13.4. The van der Waals surface area contributed by atoms with E-state index < -0.39 is 12.2 Å². The molecular formula is C19H27FN6O2. The number of hydrazone groups is 2. The number of halogens is 1. The van der Waals surface area contributed by atoms with Crippen LogP contribution in [-0.4, -0.2) is 61.0 Å². The van der Waals surface area contributed by atoms with Crippen LogP contribution in [0.25, 0.3) is 0 Å². The number of anilines is 1. The predicted molar refractivity (Wildman–Crippen MR) is 108 cm³/mol. The zero-order chi connectivity index (χ0) is 20.5. The number of carbonyl (C=O) groups is 2. The molecule has 0 saturated carbocycles. The standard InChI is InChI=1S/C19H27FN6O2/c1-14(24-26(22-2)16-8-4-3-5-9-16)18(27)23-11-7-6-10-17(21)19(28)25-12-15(20)13-25/h3-5,8-9,15,17H,2,6-7,10-13,21H2,1H3,(H,23,27)/b24-14+. The van der Waals surface area contributed by atoms with Crippen LogP contribution in [0.1, 0.15) is 26.2 Å². The fourth-order valence-electron chi connectivity index (χ4n) is 2.70. The van der Waals surface area contributed by atoms with Crippen molar-refractivity contribution in [2.75, 3.05) is 24.8 Å². The monoisotopic (exact) mass is 390 g/mol. The van der Waals surface area contributed by atoms with Crippen molar-refractivity contribution in [2.45, 2.75) is 38.4 Å². The SMILES string of the molecule is C=NN(/N=C(\C)C(=O)NCCCCC(N)C(=O)N1CC(F)C1)c1ccccc1. The largest absolute Gasteiger partial charge is 0.351 e. The number of rotatable bonds is 10. The van der Waals surface area contributed by atoms with E-state index in [4.69, 9.17) is 5.73 Å². The second-order valence-corrected chi connectivity index (χ2v) is 6.65.